The maximum atomic E-state index is 13.0. The summed E-state index contributed by atoms with van der Waals surface area (Å²) in [6.07, 6.45) is 0. The molecule has 0 atom stereocenters. The van der Waals surface area contributed by atoms with Gasteiger partial charge in [-0.05, 0) is 67.4 Å². The Labute approximate surface area is 211 Å². The Kier molecular flexibility index (Phi) is 6.66. The summed E-state index contributed by atoms with van der Waals surface area (Å²) in [6.45, 7) is 3.90. The van der Waals surface area contributed by atoms with Crippen molar-refractivity contribution in [3.05, 3.63) is 98.1 Å². The molecular weight excluding hydrogens is 497 g/mol. The lowest BCUT2D eigenvalue weighted by atomic mass is 10.1. The number of carbonyl (C=O) groups excluding carboxylic acids is 3. The van der Waals surface area contributed by atoms with Crippen LogP contribution >= 0.6 is 34.8 Å². The molecule has 1 aliphatic rings. The normalized spacial score (nSPS) is 13.5. The Morgan fingerprint density at radius 3 is 2.24 bits per heavy atom. The molecule has 0 bridgehead atoms. The van der Waals surface area contributed by atoms with Gasteiger partial charge in [-0.2, -0.15) is 0 Å². The summed E-state index contributed by atoms with van der Waals surface area (Å²) in [5.41, 5.74) is 3.59. The number of hydrogen-bond acceptors (Lipinski definition) is 4. The van der Waals surface area contributed by atoms with Crippen molar-refractivity contribution < 1.29 is 14.4 Å². The highest BCUT2D eigenvalue weighted by atomic mass is 35.5. The molecule has 0 saturated carbocycles. The third-order valence-electron chi connectivity index (χ3n) is 5.38. The Balaban J connectivity index is 1.56. The number of amides is 3. The van der Waals surface area contributed by atoms with E-state index in [0.29, 0.717) is 16.9 Å². The second-order valence-electron chi connectivity index (χ2n) is 7.67. The minimum Gasteiger partial charge on any atom is -0.350 e. The van der Waals surface area contributed by atoms with Gasteiger partial charge in [-0.15, -0.1) is 0 Å². The number of anilines is 3. The molecule has 0 unspecified atom stereocenters. The van der Waals surface area contributed by atoms with Gasteiger partial charge in [0.05, 0.1) is 5.69 Å². The van der Waals surface area contributed by atoms with E-state index in [9.17, 15) is 14.4 Å². The molecule has 172 valence electrons. The number of halogens is 3. The SMILES string of the molecule is Cc1cccc(NC(=O)c2cccc(NC3=C(Cl)C(=O)N(c4cc(Cl)cc(Cl)c4)C3=O)c2)c1C. The molecule has 0 aliphatic carbocycles. The molecule has 0 aromatic heterocycles. The monoisotopic (exact) mass is 513 g/mol. The predicted molar refractivity (Wildman–Crippen MR) is 136 cm³/mol. The number of hydrogen-bond donors (Lipinski definition) is 2. The van der Waals surface area contributed by atoms with Crippen LogP contribution in [0.25, 0.3) is 0 Å². The van der Waals surface area contributed by atoms with Crippen LogP contribution in [0.4, 0.5) is 17.1 Å². The zero-order valence-corrected chi connectivity index (χ0v) is 20.3. The number of nitrogens with zero attached hydrogens (tertiary/aromatic N) is 1. The molecular formula is C25H18Cl3N3O3. The lowest BCUT2D eigenvalue weighted by Crippen LogP contribution is -2.32. The van der Waals surface area contributed by atoms with Crippen LogP contribution in [0.3, 0.4) is 0 Å². The highest BCUT2D eigenvalue weighted by molar-refractivity contribution is 6.53. The molecule has 2 N–H and O–H groups in total. The Morgan fingerprint density at radius 1 is 0.853 bits per heavy atom. The van der Waals surface area contributed by atoms with E-state index in [0.717, 1.165) is 16.0 Å². The maximum absolute atomic E-state index is 13.0. The van der Waals surface area contributed by atoms with Crippen molar-refractivity contribution in [2.24, 2.45) is 0 Å². The summed E-state index contributed by atoms with van der Waals surface area (Å²) in [4.78, 5) is 39.4. The Bertz CT molecular complexity index is 1360. The van der Waals surface area contributed by atoms with Crippen LogP contribution in [0.1, 0.15) is 21.5 Å². The molecule has 0 saturated heterocycles. The third kappa shape index (κ3) is 4.66. The molecule has 3 amide bonds. The van der Waals surface area contributed by atoms with Gasteiger partial charge >= 0.3 is 0 Å². The molecule has 0 radical (unpaired) electrons. The largest absolute Gasteiger partial charge is 0.350 e. The van der Waals surface area contributed by atoms with Crippen LogP contribution in [0.5, 0.6) is 0 Å². The van der Waals surface area contributed by atoms with Crippen LogP contribution in [0, 0.1) is 13.8 Å². The van der Waals surface area contributed by atoms with Gasteiger partial charge in [0, 0.05) is 27.0 Å². The summed E-state index contributed by atoms with van der Waals surface area (Å²) >= 11 is 18.2. The minimum atomic E-state index is -0.712. The quantitative estimate of drug-likeness (QED) is 0.392. The maximum Gasteiger partial charge on any atom is 0.283 e. The first-order valence-electron chi connectivity index (χ1n) is 10.1. The van der Waals surface area contributed by atoms with E-state index in [1.165, 1.54) is 18.2 Å². The average molecular weight is 515 g/mol. The molecule has 1 aliphatic heterocycles. The van der Waals surface area contributed by atoms with Gasteiger partial charge in [-0.3, -0.25) is 14.4 Å². The number of aryl methyl sites for hydroxylation is 1. The molecule has 1 heterocycles. The molecule has 9 heteroatoms. The highest BCUT2D eigenvalue weighted by Gasteiger charge is 2.39. The van der Waals surface area contributed by atoms with E-state index in [4.69, 9.17) is 34.8 Å². The number of rotatable bonds is 5. The fraction of sp³-hybridized carbons (Fsp3) is 0.0800. The van der Waals surface area contributed by atoms with Gasteiger partial charge in [0.1, 0.15) is 10.7 Å². The first kappa shape index (κ1) is 23.8. The summed E-state index contributed by atoms with van der Waals surface area (Å²) in [7, 11) is 0. The van der Waals surface area contributed by atoms with Crippen molar-refractivity contribution in [1.82, 2.24) is 0 Å². The highest BCUT2D eigenvalue weighted by Crippen LogP contribution is 2.33. The van der Waals surface area contributed by atoms with Gasteiger partial charge in [0.15, 0.2) is 0 Å². The van der Waals surface area contributed by atoms with E-state index in [1.54, 1.807) is 24.3 Å². The Morgan fingerprint density at radius 2 is 1.53 bits per heavy atom. The second kappa shape index (κ2) is 9.50. The molecule has 0 spiro atoms. The first-order chi connectivity index (χ1) is 16.2. The van der Waals surface area contributed by atoms with E-state index < -0.39 is 11.8 Å². The van der Waals surface area contributed by atoms with Crippen molar-refractivity contribution in [2.75, 3.05) is 15.5 Å². The molecule has 6 nitrogen and oxygen atoms in total. The standard InChI is InChI=1S/C25H18Cl3N3O3/c1-13-5-3-8-20(14(13)2)30-23(32)15-6-4-7-18(9-15)29-22-21(28)24(33)31(25(22)34)19-11-16(26)10-17(27)12-19/h3-12,29H,1-2H3,(H,30,32). The predicted octanol–water partition coefficient (Wildman–Crippen LogP) is 6.30. The molecule has 3 aromatic carbocycles. The number of carbonyl (C=O) groups is 3. The number of nitrogens with one attached hydrogen (secondary N) is 2. The van der Waals surface area contributed by atoms with Crippen molar-refractivity contribution in [1.29, 1.82) is 0 Å². The van der Waals surface area contributed by atoms with Crippen molar-refractivity contribution in [2.45, 2.75) is 13.8 Å². The average Bonchev–Trinajstić information content (AvgIpc) is 2.99. The van der Waals surface area contributed by atoms with Crippen molar-refractivity contribution in [3.63, 3.8) is 0 Å². The summed E-state index contributed by atoms with van der Waals surface area (Å²) in [6, 6.07) is 16.5. The van der Waals surface area contributed by atoms with Crippen LogP contribution in [0.2, 0.25) is 10.0 Å². The van der Waals surface area contributed by atoms with E-state index in [-0.39, 0.29) is 32.4 Å². The van der Waals surface area contributed by atoms with Crippen LogP contribution in [-0.2, 0) is 9.59 Å². The third-order valence-corrected chi connectivity index (χ3v) is 6.17. The fourth-order valence-electron chi connectivity index (χ4n) is 3.48. The smallest absolute Gasteiger partial charge is 0.283 e. The second-order valence-corrected chi connectivity index (χ2v) is 8.92. The van der Waals surface area contributed by atoms with Gasteiger partial charge in [-0.1, -0.05) is 53.0 Å². The molecule has 0 fully saturated rings. The minimum absolute atomic E-state index is 0.116. The summed E-state index contributed by atoms with van der Waals surface area (Å²) in [5, 5.41) is 6.01. The first-order valence-corrected chi connectivity index (χ1v) is 11.3. The zero-order valence-electron chi connectivity index (χ0n) is 18.1. The van der Waals surface area contributed by atoms with E-state index in [2.05, 4.69) is 10.6 Å². The summed E-state index contributed by atoms with van der Waals surface area (Å²) < 4.78 is 0. The van der Waals surface area contributed by atoms with Crippen molar-refractivity contribution in [3.8, 4) is 0 Å². The lowest BCUT2D eigenvalue weighted by molar-refractivity contribution is -0.120. The van der Waals surface area contributed by atoms with Crippen LogP contribution in [0.15, 0.2) is 71.4 Å². The Hall–Kier alpha value is -3.32. The van der Waals surface area contributed by atoms with Crippen LogP contribution < -0.4 is 15.5 Å². The van der Waals surface area contributed by atoms with Gasteiger partial charge in [0.2, 0.25) is 0 Å². The number of benzene rings is 3. The van der Waals surface area contributed by atoms with E-state index in [1.807, 2.05) is 32.0 Å². The molecule has 4 rings (SSSR count). The van der Waals surface area contributed by atoms with Gasteiger partial charge in [0.25, 0.3) is 17.7 Å². The zero-order chi connectivity index (χ0) is 24.6. The molecule has 3 aromatic rings. The summed E-state index contributed by atoms with van der Waals surface area (Å²) in [5.74, 6) is -1.70. The lowest BCUT2D eigenvalue weighted by Gasteiger charge is -2.16. The fourth-order valence-corrected chi connectivity index (χ4v) is 4.20. The van der Waals surface area contributed by atoms with Gasteiger partial charge < -0.3 is 10.6 Å². The van der Waals surface area contributed by atoms with Crippen LogP contribution in [-0.4, -0.2) is 17.7 Å². The van der Waals surface area contributed by atoms with E-state index >= 15 is 0 Å². The molecule has 34 heavy (non-hydrogen) atoms. The number of imide groups is 1. The van der Waals surface area contributed by atoms with Crippen molar-refractivity contribution >= 4 is 69.6 Å². The van der Waals surface area contributed by atoms with Gasteiger partial charge in [-0.25, -0.2) is 4.90 Å². The topological polar surface area (TPSA) is 78.5 Å².